The number of hydrogen-bond acceptors (Lipinski definition) is 7. The molecule has 7 nitrogen and oxygen atoms in total. The summed E-state index contributed by atoms with van der Waals surface area (Å²) in [5, 5.41) is 0. The Morgan fingerprint density at radius 2 is 0.949 bits per heavy atom. The van der Waals surface area contributed by atoms with Crippen LogP contribution in [0.2, 0.25) is 0 Å². The summed E-state index contributed by atoms with van der Waals surface area (Å²) < 4.78 is 42.4. The Labute approximate surface area is 259 Å². The van der Waals surface area contributed by atoms with Crippen LogP contribution in [0.4, 0.5) is 0 Å². The number of carbonyl (C=O) groups excluding carboxylic acids is 2. The first-order valence-electron chi connectivity index (χ1n) is 14.7. The van der Waals surface area contributed by atoms with E-state index in [0.29, 0.717) is 6.61 Å². The SMILES string of the molecule is CCCCCCCCCCCCCCCCCCOC(=O)c1ccccc1C(=O)OCCCCS(=O)(=O)[O-].[Na+]. The van der Waals surface area contributed by atoms with Crippen LogP contribution in [0.5, 0.6) is 0 Å². The number of hydrogen-bond donors (Lipinski definition) is 0. The molecule has 0 spiro atoms. The van der Waals surface area contributed by atoms with E-state index in [2.05, 4.69) is 6.92 Å². The van der Waals surface area contributed by atoms with Gasteiger partial charge in [-0.05, 0) is 31.4 Å². The van der Waals surface area contributed by atoms with E-state index >= 15 is 0 Å². The monoisotopic (exact) mass is 576 g/mol. The van der Waals surface area contributed by atoms with Crippen LogP contribution in [0, 0.1) is 0 Å². The second-order valence-electron chi connectivity index (χ2n) is 10.1. The summed E-state index contributed by atoms with van der Waals surface area (Å²) in [6, 6.07) is 6.31. The van der Waals surface area contributed by atoms with Gasteiger partial charge in [0.15, 0.2) is 0 Å². The molecule has 0 aliphatic carbocycles. The molecule has 0 saturated carbocycles. The summed E-state index contributed by atoms with van der Waals surface area (Å²) in [5.74, 6) is -1.73. The second-order valence-corrected chi connectivity index (χ2v) is 11.6. The van der Waals surface area contributed by atoms with Crippen molar-refractivity contribution in [2.24, 2.45) is 0 Å². The number of ether oxygens (including phenoxy) is 2. The van der Waals surface area contributed by atoms with E-state index in [4.69, 9.17) is 9.47 Å². The van der Waals surface area contributed by atoms with Gasteiger partial charge in [0.05, 0.1) is 34.5 Å². The van der Waals surface area contributed by atoms with Crippen molar-refractivity contribution in [1.82, 2.24) is 0 Å². The van der Waals surface area contributed by atoms with Crippen LogP contribution in [0.15, 0.2) is 24.3 Å². The van der Waals surface area contributed by atoms with Crippen molar-refractivity contribution < 1.29 is 61.6 Å². The number of unbranched alkanes of at least 4 members (excludes halogenated alkanes) is 16. The molecule has 0 saturated heterocycles. The van der Waals surface area contributed by atoms with Crippen LogP contribution < -0.4 is 29.6 Å². The maximum Gasteiger partial charge on any atom is 1.00 e. The normalized spacial score (nSPS) is 11.1. The number of carbonyl (C=O) groups is 2. The molecule has 0 unspecified atom stereocenters. The van der Waals surface area contributed by atoms with Crippen LogP contribution in [-0.2, 0) is 19.6 Å². The predicted molar refractivity (Wildman–Crippen MR) is 150 cm³/mol. The molecule has 39 heavy (non-hydrogen) atoms. The van der Waals surface area contributed by atoms with Crippen molar-refractivity contribution in [3.05, 3.63) is 35.4 Å². The Morgan fingerprint density at radius 1 is 0.615 bits per heavy atom. The van der Waals surface area contributed by atoms with Crippen LogP contribution in [0.3, 0.4) is 0 Å². The molecule has 0 fully saturated rings. The van der Waals surface area contributed by atoms with Gasteiger partial charge in [0.1, 0.15) is 0 Å². The molecule has 0 heterocycles. The van der Waals surface area contributed by atoms with E-state index in [1.807, 2.05) is 0 Å². The zero-order chi connectivity index (χ0) is 27.9. The molecule has 0 bridgehead atoms. The van der Waals surface area contributed by atoms with E-state index in [-0.39, 0.29) is 60.1 Å². The van der Waals surface area contributed by atoms with Crippen molar-refractivity contribution in [2.75, 3.05) is 19.0 Å². The van der Waals surface area contributed by atoms with E-state index in [0.717, 1.165) is 19.3 Å². The third-order valence-electron chi connectivity index (χ3n) is 6.62. The summed E-state index contributed by atoms with van der Waals surface area (Å²) >= 11 is 0. The minimum Gasteiger partial charge on any atom is -0.748 e. The molecule has 1 rings (SSSR count). The summed E-state index contributed by atoms with van der Waals surface area (Å²) in [5.41, 5.74) is 0.261. The van der Waals surface area contributed by atoms with Gasteiger partial charge in [-0.25, -0.2) is 18.0 Å². The van der Waals surface area contributed by atoms with Crippen LogP contribution in [0.1, 0.15) is 143 Å². The summed E-state index contributed by atoms with van der Waals surface area (Å²) in [7, 11) is -4.27. The predicted octanol–water partition coefficient (Wildman–Crippen LogP) is 4.59. The van der Waals surface area contributed by atoms with Gasteiger partial charge < -0.3 is 14.0 Å². The van der Waals surface area contributed by atoms with Gasteiger partial charge in [-0.2, -0.15) is 0 Å². The fourth-order valence-corrected chi connectivity index (χ4v) is 4.91. The molecule has 1 aromatic carbocycles. The molecule has 0 aromatic heterocycles. The molecular weight excluding hydrogens is 527 g/mol. The van der Waals surface area contributed by atoms with Gasteiger partial charge in [-0.1, -0.05) is 115 Å². The van der Waals surface area contributed by atoms with Gasteiger partial charge in [-0.3, -0.25) is 0 Å². The third kappa shape index (κ3) is 21.5. The average Bonchev–Trinajstić information content (AvgIpc) is 2.89. The third-order valence-corrected chi connectivity index (χ3v) is 7.41. The van der Waals surface area contributed by atoms with Crippen molar-refractivity contribution in [1.29, 1.82) is 0 Å². The molecule has 0 amide bonds. The largest absolute Gasteiger partial charge is 1.00 e. The van der Waals surface area contributed by atoms with E-state index < -0.39 is 27.8 Å². The smallest absolute Gasteiger partial charge is 0.748 e. The molecular formula is C30H49NaO7S. The molecule has 0 aliphatic rings. The van der Waals surface area contributed by atoms with Gasteiger partial charge in [0.2, 0.25) is 0 Å². The summed E-state index contributed by atoms with van der Waals surface area (Å²) in [6.07, 6.45) is 20.8. The zero-order valence-electron chi connectivity index (χ0n) is 24.4. The Kier molecular flexibility index (Phi) is 24.2. The number of rotatable bonds is 24. The van der Waals surface area contributed by atoms with Crippen LogP contribution >= 0.6 is 0 Å². The minimum atomic E-state index is -4.27. The Bertz CT molecular complexity index is 874. The molecule has 0 atom stereocenters. The maximum absolute atomic E-state index is 12.5. The summed E-state index contributed by atoms with van der Waals surface area (Å²) in [6.45, 7) is 2.54. The van der Waals surface area contributed by atoms with Gasteiger partial charge in [0.25, 0.3) is 0 Å². The molecule has 0 radical (unpaired) electrons. The fourth-order valence-electron chi connectivity index (χ4n) is 4.36. The van der Waals surface area contributed by atoms with Crippen molar-refractivity contribution in [3.8, 4) is 0 Å². The first kappa shape index (κ1) is 38.1. The second kappa shape index (κ2) is 24.8. The first-order valence-corrected chi connectivity index (χ1v) is 16.3. The summed E-state index contributed by atoms with van der Waals surface area (Å²) in [4.78, 5) is 24.8. The number of benzene rings is 1. The standard InChI is InChI=1S/C30H50O7S.Na/c1-2-3-4-5-6-7-8-9-10-11-12-13-14-15-16-19-24-36-29(31)27-22-17-18-23-28(27)30(32)37-25-20-21-26-38(33,34)35;/h17-18,22-23H,2-16,19-21,24-26H2,1H3,(H,33,34,35);/q;+1/p-1. The van der Waals surface area contributed by atoms with Crippen molar-refractivity contribution in [3.63, 3.8) is 0 Å². The minimum absolute atomic E-state index is 0. The van der Waals surface area contributed by atoms with E-state index in [9.17, 15) is 22.6 Å². The van der Waals surface area contributed by atoms with Gasteiger partial charge in [-0.15, -0.1) is 0 Å². The Hall–Kier alpha value is -0.930. The Morgan fingerprint density at radius 3 is 1.31 bits per heavy atom. The maximum atomic E-state index is 12.5. The Balaban J connectivity index is 0.0000144. The molecule has 0 N–H and O–H groups in total. The molecule has 218 valence electrons. The van der Waals surface area contributed by atoms with E-state index in [1.54, 1.807) is 12.1 Å². The van der Waals surface area contributed by atoms with Crippen molar-refractivity contribution >= 4 is 22.1 Å². The number of esters is 2. The molecule has 1 aromatic rings. The topological polar surface area (TPSA) is 110 Å². The van der Waals surface area contributed by atoms with Crippen LogP contribution in [-0.4, -0.2) is 43.9 Å². The quantitative estimate of drug-likeness (QED) is 0.0766. The molecule has 9 heteroatoms. The van der Waals surface area contributed by atoms with Gasteiger partial charge in [0, 0.05) is 5.75 Å². The first-order chi connectivity index (χ1) is 18.3. The average molecular weight is 577 g/mol. The zero-order valence-corrected chi connectivity index (χ0v) is 27.2. The van der Waals surface area contributed by atoms with Crippen LogP contribution in [0.25, 0.3) is 0 Å². The van der Waals surface area contributed by atoms with Gasteiger partial charge >= 0.3 is 41.5 Å². The fraction of sp³-hybridized carbons (Fsp3) is 0.733. The van der Waals surface area contributed by atoms with E-state index in [1.165, 1.54) is 95.6 Å². The van der Waals surface area contributed by atoms with Crippen molar-refractivity contribution in [2.45, 2.75) is 122 Å². The molecule has 0 aliphatic heterocycles.